The molecule has 0 aliphatic carbocycles. The lowest BCUT2D eigenvalue weighted by Gasteiger charge is -2.49. The molecule has 2 atom stereocenters. The first-order valence-electron chi connectivity index (χ1n) is 9.81. The highest BCUT2D eigenvalue weighted by Gasteiger charge is 2.58. The molecule has 3 amide bonds. The average Bonchev–Trinajstić information content (AvgIpc) is 3.05. The van der Waals surface area contributed by atoms with E-state index in [2.05, 4.69) is 0 Å². The Morgan fingerprint density at radius 1 is 0.629 bits per heavy atom. The molecule has 2 unspecified atom stereocenters. The van der Waals surface area contributed by atoms with Crippen molar-refractivity contribution < 1.29 is 18.8 Å². The van der Waals surface area contributed by atoms with Crippen molar-refractivity contribution >= 4 is 93.0 Å². The van der Waals surface area contributed by atoms with Gasteiger partial charge in [0.05, 0.1) is 37.3 Å². The fourth-order valence-electron chi connectivity index (χ4n) is 4.30. The quantitative estimate of drug-likeness (QED) is 0.137. The molecule has 3 aromatic carbocycles. The summed E-state index contributed by atoms with van der Waals surface area (Å²) in [5.74, 6) is -2.82. The van der Waals surface area contributed by atoms with E-state index >= 15 is 0 Å². The average molecular weight is 593 g/mol. The topological polar surface area (TPSA) is 57.7 Å². The maximum atomic E-state index is 13.7. The van der Waals surface area contributed by atoms with Gasteiger partial charge in [0.25, 0.3) is 17.7 Å². The number of nitrogens with zero attached hydrogens (tertiary/aromatic N) is 2. The van der Waals surface area contributed by atoms with Gasteiger partial charge < -0.3 is 4.90 Å². The van der Waals surface area contributed by atoms with Crippen LogP contribution in [0.5, 0.6) is 0 Å². The summed E-state index contributed by atoms with van der Waals surface area (Å²) in [5, 5.41) is -0.341. The number of carbonyl (C=O) groups excluding carboxylic acids is 3. The SMILES string of the molecule is O=C1c2c(Cl)c(Cl)c(Cl)c(Cl)c2C(=O)N1C1C(=O)N(c2cc(Cl)cc(Cl)c2)C1c1ccc(F)cc1. The summed E-state index contributed by atoms with van der Waals surface area (Å²) in [6, 6.07) is 7.62. The Kier molecular flexibility index (Phi) is 6.19. The van der Waals surface area contributed by atoms with Crippen molar-refractivity contribution in [1.29, 1.82) is 0 Å². The van der Waals surface area contributed by atoms with Gasteiger partial charge in [0.2, 0.25) is 0 Å². The number of anilines is 1. The fourth-order valence-corrected chi connectivity index (χ4v) is 5.83. The lowest BCUT2D eigenvalue weighted by molar-refractivity contribution is -0.130. The second-order valence-corrected chi connectivity index (χ2v) is 10.1. The Morgan fingerprint density at radius 2 is 1.11 bits per heavy atom. The Hall–Kier alpha value is -2.06. The van der Waals surface area contributed by atoms with Crippen LogP contribution in [-0.2, 0) is 4.79 Å². The van der Waals surface area contributed by atoms with Gasteiger partial charge in [0.15, 0.2) is 0 Å². The zero-order valence-electron chi connectivity index (χ0n) is 17.0. The van der Waals surface area contributed by atoms with Crippen LogP contribution in [0.3, 0.4) is 0 Å². The Balaban J connectivity index is 1.64. The molecule has 0 radical (unpaired) electrons. The minimum absolute atomic E-state index is 0.190. The van der Waals surface area contributed by atoms with Crippen LogP contribution < -0.4 is 4.90 Å². The van der Waals surface area contributed by atoms with Crippen LogP contribution >= 0.6 is 69.6 Å². The zero-order valence-corrected chi connectivity index (χ0v) is 21.5. The summed E-state index contributed by atoms with van der Waals surface area (Å²) in [5.41, 5.74) is 0.297. The van der Waals surface area contributed by atoms with Gasteiger partial charge in [-0.2, -0.15) is 0 Å². The standard InChI is InChI=1S/C23H9Cl6FN2O3/c24-9-5-10(25)7-12(6-9)31-19(8-1-3-11(30)4-2-8)20(23(31)35)32-21(33)13-14(22(32)34)16(27)18(29)17(28)15(13)26/h1-7,19-20H. The maximum Gasteiger partial charge on any atom is 0.264 e. The molecule has 0 bridgehead atoms. The van der Waals surface area contributed by atoms with E-state index in [0.717, 1.165) is 4.90 Å². The van der Waals surface area contributed by atoms with Gasteiger partial charge in [-0.15, -0.1) is 0 Å². The van der Waals surface area contributed by atoms with E-state index in [-0.39, 0.29) is 41.3 Å². The molecule has 1 saturated heterocycles. The monoisotopic (exact) mass is 590 g/mol. The molecular formula is C23H9Cl6FN2O3. The molecule has 1 fully saturated rings. The van der Waals surface area contributed by atoms with E-state index in [1.165, 1.54) is 47.4 Å². The lowest BCUT2D eigenvalue weighted by atomic mass is 9.86. The number of hydrogen-bond donors (Lipinski definition) is 0. The third kappa shape index (κ3) is 3.70. The Labute approximate surface area is 227 Å². The number of imide groups is 1. The summed E-state index contributed by atoms with van der Waals surface area (Å²) in [7, 11) is 0. The normalized spacial score (nSPS) is 19.3. The number of fused-ring (bicyclic) bond motifs is 1. The van der Waals surface area contributed by atoms with Crippen molar-refractivity contribution in [2.24, 2.45) is 0 Å². The van der Waals surface area contributed by atoms with E-state index in [1.54, 1.807) is 0 Å². The summed E-state index contributed by atoms with van der Waals surface area (Å²) in [6.07, 6.45) is 0. The van der Waals surface area contributed by atoms with Crippen LogP contribution in [-0.4, -0.2) is 28.7 Å². The summed E-state index contributed by atoms with van der Waals surface area (Å²) < 4.78 is 13.7. The third-order valence-corrected chi connectivity index (χ3v) is 8.05. The minimum Gasteiger partial charge on any atom is -0.300 e. The predicted molar refractivity (Wildman–Crippen MR) is 134 cm³/mol. The molecule has 2 aliphatic rings. The van der Waals surface area contributed by atoms with Crippen molar-refractivity contribution in [2.75, 3.05) is 4.90 Å². The number of benzene rings is 3. The largest absolute Gasteiger partial charge is 0.300 e. The van der Waals surface area contributed by atoms with Crippen molar-refractivity contribution in [3.05, 3.63) is 95.1 Å². The van der Waals surface area contributed by atoms with E-state index in [1.807, 2.05) is 0 Å². The lowest BCUT2D eigenvalue weighted by Crippen LogP contribution is -2.67. The molecule has 5 nitrogen and oxygen atoms in total. The molecule has 2 aliphatic heterocycles. The molecular weight excluding hydrogens is 584 g/mol. The van der Waals surface area contributed by atoms with E-state index in [4.69, 9.17) is 69.6 Å². The van der Waals surface area contributed by atoms with Crippen LogP contribution in [0.1, 0.15) is 32.3 Å². The number of carbonyl (C=O) groups is 3. The summed E-state index contributed by atoms with van der Waals surface area (Å²) in [4.78, 5) is 42.4. The van der Waals surface area contributed by atoms with Gasteiger partial charge >= 0.3 is 0 Å². The second-order valence-electron chi connectivity index (χ2n) is 7.76. The smallest absolute Gasteiger partial charge is 0.264 e. The molecule has 0 N–H and O–H groups in total. The van der Waals surface area contributed by atoms with E-state index in [9.17, 15) is 18.8 Å². The highest BCUT2D eigenvalue weighted by molar-refractivity contribution is 6.55. The number of β-lactam (4-membered cyclic amide) rings is 1. The Morgan fingerprint density at radius 3 is 1.60 bits per heavy atom. The van der Waals surface area contributed by atoms with Crippen molar-refractivity contribution in [3.8, 4) is 0 Å². The number of rotatable bonds is 3. The van der Waals surface area contributed by atoms with Crippen LogP contribution in [0.15, 0.2) is 42.5 Å². The van der Waals surface area contributed by atoms with Crippen LogP contribution in [0.2, 0.25) is 30.1 Å². The number of hydrogen-bond acceptors (Lipinski definition) is 3. The summed E-state index contributed by atoms with van der Waals surface area (Å²) >= 11 is 36.9. The van der Waals surface area contributed by atoms with Gasteiger partial charge in [-0.25, -0.2) is 4.39 Å². The zero-order chi connectivity index (χ0) is 25.3. The molecule has 35 heavy (non-hydrogen) atoms. The fraction of sp³-hybridized carbons (Fsp3) is 0.0870. The first kappa shape index (κ1) is 24.6. The molecule has 2 heterocycles. The van der Waals surface area contributed by atoms with Crippen LogP contribution in [0.4, 0.5) is 10.1 Å². The predicted octanol–water partition coefficient (Wildman–Crippen LogP) is 7.50. The second kappa shape index (κ2) is 8.80. The van der Waals surface area contributed by atoms with Crippen molar-refractivity contribution in [3.63, 3.8) is 0 Å². The minimum atomic E-state index is -1.30. The molecule has 3 aromatic rings. The molecule has 0 aromatic heterocycles. The molecule has 0 saturated carbocycles. The van der Waals surface area contributed by atoms with Gasteiger partial charge in [-0.3, -0.25) is 19.3 Å². The number of amides is 3. The highest BCUT2D eigenvalue weighted by atomic mass is 35.5. The van der Waals surface area contributed by atoms with Gasteiger partial charge in [0.1, 0.15) is 11.9 Å². The first-order valence-corrected chi connectivity index (χ1v) is 12.1. The van der Waals surface area contributed by atoms with E-state index < -0.39 is 35.6 Å². The van der Waals surface area contributed by atoms with Crippen molar-refractivity contribution in [1.82, 2.24) is 4.90 Å². The molecule has 5 rings (SSSR count). The molecule has 12 heteroatoms. The van der Waals surface area contributed by atoms with Gasteiger partial charge in [-0.05, 0) is 35.9 Å². The van der Waals surface area contributed by atoms with Gasteiger partial charge in [0, 0.05) is 15.7 Å². The van der Waals surface area contributed by atoms with Crippen molar-refractivity contribution in [2.45, 2.75) is 12.1 Å². The van der Waals surface area contributed by atoms with Gasteiger partial charge in [-0.1, -0.05) is 81.7 Å². The molecule has 178 valence electrons. The Bertz CT molecular complexity index is 1400. The maximum absolute atomic E-state index is 13.7. The summed E-state index contributed by atoms with van der Waals surface area (Å²) in [6.45, 7) is 0. The van der Waals surface area contributed by atoms with E-state index in [0.29, 0.717) is 11.3 Å². The molecule has 0 spiro atoms. The highest BCUT2D eigenvalue weighted by Crippen LogP contribution is 2.49. The third-order valence-electron chi connectivity index (χ3n) is 5.82. The number of halogens is 7. The van der Waals surface area contributed by atoms with Crippen LogP contribution in [0.25, 0.3) is 0 Å². The first-order chi connectivity index (χ1) is 16.5. The van der Waals surface area contributed by atoms with Crippen LogP contribution in [0, 0.1) is 5.82 Å².